The fourth-order valence-corrected chi connectivity index (χ4v) is 5.05. The fourth-order valence-electron chi connectivity index (χ4n) is 3.76. The molecule has 128 valence electrons. The second-order valence-corrected chi connectivity index (χ2v) is 7.79. The largest absolute Gasteiger partial charge is 0.272 e. The van der Waals surface area contributed by atoms with Gasteiger partial charge in [0.05, 0.1) is 5.39 Å². The maximum atomic E-state index is 4.82. The Morgan fingerprint density at radius 2 is 2.20 bits per heavy atom. The lowest BCUT2D eigenvalue weighted by Crippen LogP contribution is -2.11. The third kappa shape index (κ3) is 2.29. The third-order valence-corrected chi connectivity index (χ3v) is 6.42. The molecule has 0 saturated carbocycles. The molecule has 1 aliphatic rings. The molecule has 0 aromatic carbocycles. The van der Waals surface area contributed by atoms with Crippen LogP contribution in [-0.2, 0) is 19.4 Å². The Bertz CT molecular complexity index is 1070. The normalized spacial score (nSPS) is 17.4. The van der Waals surface area contributed by atoms with Crippen LogP contribution in [0.5, 0.6) is 0 Å². The molecule has 4 heterocycles. The first kappa shape index (κ1) is 15.0. The van der Waals surface area contributed by atoms with Crippen molar-refractivity contribution in [2.24, 2.45) is 5.92 Å². The maximum Gasteiger partial charge on any atom is 0.202 e. The number of rotatable bonds is 3. The van der Waals surface area contributed by atoms with Crippen molar-refractivity contribution < 1.29 is 0 Å². The van der Waals surface area contributed by atoms with E-state index in [2.05, 4.69) is 29.0 Å². The van der Waals surface area contributed by atoms with E-state index in [-0.39, 0.29) is 0 Å². The second kappa shape index (κ2) is 5.62. The van der Waals surface area contributed by atoms with Crippen molar-refractivity contribution in [3.05, 3.63) is 29.0 Å². The van der Waals surface area contributed by atoms with Gasteiger partial charge in [0.25, 0.3) is 0 Å². The number of nitrogens with zero attached hydrogens (tertiary/aromatic N) is 6. The predicted octanol–water partition coefficient (Wildman–Crippen LogP) is 3.74. The van der Waals surface area contributed by atoms with Crippen LogP contribution in [0, 0.1) is 5.92 Å². The van der Waals surface area contributed by atoms with Gasteiger partial charge in [-0.3, -0.25) is 4.68 Å². The molecule has 0 fully saturated rings. The van der Waals surface area contributed by atoms with Crippen molar-refractivity contribution in [3.63, 3.8) is 0 Å². The summed E-state index contributed by atoms with van der Waals surface area (Å²) in [6, 6.07) is 1.97. The first-order chi connectivity index (χ1) is 12.3. The topological polar surface area (TPSA) is 60.9 Å². The lowest BCUT2D eigenvalue weighted by molar-refractivity contribution is 0.451. The van der Waals surface area contributed by atoms with Gasteiger partial charge >= 0.3 is 0 Å². The number of aryl methyl sites for hydroxylation is 2. The van der Waals surface area contributed by atoms with Crippen LogP contribution in [-0.4, -0.2) is 29.4 Å². The highest BCUT2D eigenvalue weighted by atomic mass is 32.1. The summed E-state index contributed by atoms with van der Waals surface area (Å²) in [5, 5.41) is 10.3. The van der Waals surface area contributed by atoms with Crippen LogP contribution in [0.15, 0.2) is 18.6 Å². The molecule has 4 aromatic heterocycles. The van der Waals surface area contributed by atoms with Gasteiger partial charge in [0.15, 0.2) is 5.65 Å². The smallest absolute Gasteiger partial charge is 0.202 e. The molecule has 1 atom stereocenters. The number of thiophene rings is 1. The zero-order valence-corrected chi connectivity index (χ0v) is 15.3. The van der Waals surface area contributed by atoms with E-state index in [1.807, 2.05) is 32.8 Å². The molecule has 6 nitrogen and oxygen atoms in total. The Morgan fingerprint density at radius 1 is 1.28 bits per heavy atom. The summed E-state index contributed by atoms with van der Waals surface area (Å²) in [6.45, 7) is 5.21. The zero-order valence-electron chi connectivity index (χ0n) is 14.4. The standard InChI is InChI=1S/C18H20N6S/c1-3-11-5-6-12-14(9-11)25-18-15(12)17-20-16(22-24(17)10-19-18)13-7-8-23(4-2)21-13/h7-8,10-11H,3-6,9H2,1-2H3/t11-/m1/s1. The molecule has 1 aliphatic carbocycles. The van der Waals surface area contributed by atoms with Crippen molar-refractivity contribution in [1.29, 1.82) is 0 Å². The monoisotopic (exact) mass is 352 g/mol. The van der Waals surface area contributed by atoms with Crippen molar-refractivity contribution in [2.75, 3.05) is 0 Å². The fraction of sp³-hybridized carbons (Fsp3) is 0.444. The molecule has 5 rings (SSSR count). The highest BCUT2D eigenvalue weighted by Crippen LogP contribution is 2.39. The van der Waals surface area contributed by atoms with E-state index in [4.69, 9.17) is 4.98 Å². The van der Waals surface area contributed by atoms with Gasteiger partial charge in [-0.05, 0) is 43.7 Å². The molecule has 0 spiro atoms. The molecule has 4 aromatic rings. The molecular formula is C18H20N6S. The van der Waals surface area contributed by atoms with E-state index in [0.717, 1.165) is 35.1 Å². The highest BCUT2D eigenvalue weighted by molar-refractivity contribution is 7.19. The molecule has 0 N–H and O–H groups in total. The average molecular weight is 352 g/mol. The Balaban J connectivity index is 1.68. The van der Waals surface area contributed by atoms with Gasteiger partial charge in [-0.2, -0.15) is 5.10 Å². The summed E-state index contributed by atoms with van der Waals surface area (Å²) in [5.74, 6) is 1.48. The van der Waals surface area contributed by atoms with E-state index in [9.17, 15) is 0 Å². The van der Waals surface area contributed by atoms with E-state index < -0.39 is 0 Å². The summed E-state index contributed by atoms with van der Waals surface area (Å²) in [6.07, 6.45) is 8.57. The van der Waals surface area contributed by atoms with Crippen LogP contribution < -0.4 is 0 Å². The summed E-state index contributed by atoms with van der Waals surface area (Å²) in [5.41, 5.74) is 3.17. The van der Waals surface area contributed by atoms with Crippen LogP contribution >= 0.6 is 11.3 Å². The van der Waals surface area contributed by atoms with Gasteiger partial charge in [-0.1, -0.05) is 13.3 Å². The number of hydrogen-bond acceptors (Lipinski definition) is 5. The number of aromatic nitrogens is 6. The Morgan fingerprint density at radius 3 is 3.00 bits per heavy atom. The van der Waals surface area contributed by atoms with Gasteiger partial charge in [-0.15, -0.1) is 16.4 Å². The van der Waals surface area contributed by atoms with Crippen LogP contribution in [0.2, 0.25) is 0 Å². The second-order valence-electron chi connectivity index (χ2n) is 6.71. The molecule has 7 heteroatoms. The minimum Gasteiger partial charge on any atom is -0.272 e. The van der Waals surface area contributed by atoms with E-state index >= 15 is 0 Å². The summed E-state index contributed by atoms with van der Waals surface area (Å²) < 4.78 is 3.70. The van der Waals surface area contributed by atoms with E-state index in [0.29, 0.717) is 5.82 Å². The molecule has 0 bridgehead atoms. The molecule has 0 saturated heterocycles. The molecule has 0 radical (unpaired) electrons. The highest BCUT2D eigenvalue weighted by Gasteiger charge is 2.25. The lowest BCUT2D eigenvalue weighted by Gasteiger charge is -2.20. The summed E-state index contributed by atoms with van der Waals surface area (Å²) >= 11 is 1.83. The van der Waals surface area contributed by atoms with Crippen LogP contribution in [0.3, 0.4) is 0 Å². The van der Waals surface area contributed by atoms with E-state index in [1.54, 1.807) is 6.33 Å². The van der Waals surface area contributed by atoms with Crippen molar-refractivity contribution in [3.8, 4) is 11.5 Å². The molecule has 0 aliphatic heterocycles. The minimum absolute atomic E-state index is 0.670. The predicted molar refractivity (Wildman–Crippen MR) is 98.9 cm³/mol. The Kier molecular flexibility index (Phi) is 3.38. The van der Waals surface area contributed by atoms with Gasteiger partial charge in [-0.25, -0.2) is 14.5 Å². The summed E-state index contributed by atoms with van der Waals surface area (Å²) in [4.78, 5) is 12.1. The van der Waals surface area contributed by atoms with Gasteiger partial charge in [0, 0.05) is 17.6 Å². The van der Waals surface area contributed by atoms with E-state index in [1.165, 1.54) is 35.1 Å². The lowest BCUT2D eigenvalue weighted by atomic mass is 9.86. The average Bonchev–Trinajstić information content (AvgIpc) is 3.35. The van der Waals surface area contributed by atoms with Crippen LogP contribution in [0.4, 0.5) is 0 Å². The first-order valence-corrected chi connectivity index (χ1v) is 9.78. The molecule has 0 unspecified atom stereocenters. The summed E-state index contributed by atoms with van der Waals surface area (Å²) in [7, 11) is 0. The molecular weight excluding hydrogens is 332 g/mol. The zero-order chi connectivity index (χ0) is 17.0. The molecule has 0 amide bonds. The number of fused-ring (bicyclic) bond motifs is 5. The molecule has 25 heavy (non-hydrogen) atoms. The van der Waals surface area contributed by atoms with Gasteiger partial charge in [0.2, 0.25) is 5.82 Å². The maximum absolute atomic E-state index is 4.82. The van der Waals surface area contributed by atoms with Crippen molar-refractivity contribution in [2.45, 2.75) is 46.1 Å². The van der Waals surface area contributed by atoms with Crippen molar-refractivity contribution in [1.82, 2.24) is 29.4 Å². The quantitative estimate of drug-likeness (QED) is 0.563. The van der Waals surface area contributed by atoms with Crippen LogP contribution in [0.1, 0.15) is 37.1 Å². The van der Waals surface area contributed by atoms with Gasteiger partial charge in [0.1, 0.15) is 16.9 Å². The third-order valence-electron chi connectivity index (χ3n) is 5.26. The van der Waals surface area contributed by atoms with Crippen molar-refractivity contribution >= 4 is 27.2 Å². The first-order valence-electron chi connectivity index (χ1n) is 8.96. The minimum atomic E-state index is 0.670. The van der Waals surface area contributed by atoms with Crippen LogP contribution in [0.25, 0.3) is 27.4 Å². The Labute approximate surface area is 149 Å². The van der Waals surface area contributed by atoms with Gasteiger partial charge < -0.3 is 0 Å². The number of hydrogen-bond donors (Lipinski definition) is 0. The Hall–Kier alpha value is -2.28. The SMILES string of the molecule is CC[C@@H]1CCc2c(sc3ncn4nc(-c5ccn(CC)n5)nc4c23)C1.